The first-order valence-corrected chi connectivity index (χ1v) is 9.07. The van der Waals surface area contributed by atoms with Gasteiger partial charge in [-0.15, -0.1) is 30.6 Å². The second kappa shape index (κ2) is 15.3. The Bertz CT molecular complexity index is 576. The molecule has 7 heteroatoms. The Labute approximate surface area is 180 Å². The van der Waals surface area contributed by atoms with Gasteiger partial charge in [-0.2, -0.15) is 0 Å². The van der Waals surface area contributed by atoms with Crippen molar-refractivity contribution in [1.29, 1.82) is 0 Å². The first kappa shape index (κ1) is 25.2. The monoisotopic (exact) mass is 488 g/mol. The van der Waals surface area contributed by atoms with E-state index in [-0.39, 0.29) is 29.9 Å². The van der Waals surface area contributed by atoms with Gasteiger partial charge in [0.15, 0.2) is 5.96 Å². The van der Waals surface area contributed by atoms with Crippen molar-refractivity contribution in [1.82, 2.24) is 15.5 Å². The van der Waals surface area contributed by atoms with Crippen molar-refractivity contribution in [3.63, 3.8) is 0 Å². The lowest BCUT2D eigenvalue weighted by molar-refractivity contribution is 0.0954. The summed E-state index contributed by atoms with van der Waals surface area (Å²) in [6.07, 6.45) is 6.53. The van der Waals surface area contributed by atoms with Crippen LogP contribution < -0.4 is 15.4 Å². The van der Waals surface area contributed by atoms with Crippen LogP contribution in [0.5, 0.6) is 5.75 Å². The standard InChI is InChI=1S/C20H32N4O2.HI/c1-5-6-7-8-9-16-24(3)20(21-2)23-15-14-22-19(25)17-10-12-18(26-4)13-11-17;/h5,10-13H,1,6-9,14-16H2,2-4H3,(H,21,23)(H,22,25);1H. The summed E-state index contributed by atoms with van der Waals surface area (Å²) in [4.78, 5) is 18.5. The largest absolute Gasteiger partial charge is 0.497 e. The molecular formula is C20H33IN4O2. The normalized spacial score (nSPS) is 10.6. The molecule has 0 aliphatic carbocycles. The molecule has 0 aromatic heterocycles. The highest BCUT2D eigenvalue weighted by Crippen LogP contribution is 2.10. The number of guanidine groups is 1. The van der Waals surface area contributed by atoms with Crippen LogP contribution in [0.15, 0.2) is 41.9 Å². The van der Waals surface area contributed by atoms with Crippen molar-refractivity contribution < 1.29 is 9.53 Å². The van der Waals surface area contributed by atoms with Crippen molar-refractivity contribution in [2.24, 2.45) is 4.99 Å². The number of benzene rings is 1. The quantitative estimate of drug-likeness (QED) is 0.165. The molecule has 1 aromatic carbocycles. The maximum absolute atomic E-state index is 12.1. The number of aliphatic imine (C=N–C) groups is 1. The van der Waals surface area contributed by atoms with Gasteiger partial charge < -0.3 is 20.3 Å². The summed E-state index contributed by atoms with van der Waals surface area (Å²) in [5, 5.41) is 6.17. The van der Waals surface area contributed by atoms with E-state index < -0.39 is 0 Å². The molecular weight excluding hydrogens is 455 g/mol. The molecule has 6 nitrogen and oxygen atoms in total. The molecule has 27 heavy (non-hydrogen) atoms. The van der Waals surface area contributed by atoms with Crippen LogP contribution in [-0.4, -0.2) is 57.6 Å². The van der Waals surface area contributed by atoms with E-state index in [4.69, 9.17) is 4.74 Å². The number of unbranched alkanes of at least 4 members (excludes halogenated alkanes) is 3. The van der Waals surface area contributed by atoms with Crippen LogP contribution in [0, 0.1) is 0 Å². The molecule has 0 fully saturated rings. The number of methoxy groups -OCH3 is 1. The Morgan fingerprint density at radius 1 is 1.19 bits per heavy atom. The van der Waals surface area contributed by atoms with Gasteiger partial charge in [-0.25, -0.2) is 0 Å². The minimum atomic E-state index is -0.0972. The minimum Gasteiger partial charge on any atom is -0.497 e. The number of nitrogens with zero attached hydrogens (tertiary/aromatic N) is 2. The molecule has 152 valence electrons. The van der Waals surface area contributed by atoms with E-state index in [9.17, 15) is 4.79 Å². The topological polar surface area (TPSA) is 66.0 Å². The molecule has 1 amide bonds. The van der Waals surface area contributed by atoms with Crippen LogP contribution in [0.3, 0.4) is 0 Å². The van der Waals surface area contributed by atoms with E-state index in [1.807, 2.05) is 13.1 Å². The number of allylic oxidation sites excluding steroid dienone is 1. The fraction of sp³-hybridized carbons (Fsp3) is 0.500. The van der Waals surface area contributed by atoms with Crippen LogP contribution in [0.2, 0.25) is 0 Å². The van der Waals surface area contributed by atoms with Gasteiger partial charge in [-0.3, -0.25) is 9.79 Å². The Morgan fingerprint density at radius 2 is 1.85 bits per heavy atom. The zero-order chi connectivity index (χ0) is 19.2. The number of amides is 1. The molecule has 0 saturated heterocycles. The Kier molecular flexibility index (Phi) is 14.3. The molecule has 0 saturated carbocycles. The molecule has 2 N–H and O–H groups in total. The van der Waals surface area contributed by atoms with E-state index >= 15 is 0 Å². The van der Waals surface area contributed by atoms with Gasteiger partial charge >= 0.3 is 0 Å². The number of halogens is 1. The van der Waals surface area contributed by atoms with Crippen LogP contribution in [-0.2, 0) is 0 Å². The van der Waals surface area contributed by atoms with E-state index in [0.717, 1.165) is 31.1 Å². The number of carbonyl (C=O) groups is 1. The molecule has 0 radical (unpaired) electrons. The Morgan fingerprint density at radius 3 is 2.44 bits per heavy atom. The van der Waals surface area contributed by atoms with E-state index in [2.05, 4.69) is 27.1 Å². The summed E-state index contributed by atoms with van der Waals surface area (Å²) in [7, 11) is 5.40. The molecule has 0 aliphatic heterocycles. The summed E-state index contributed by atoms with van der Waals surface area (Å²) in [5.41, 5.74) is 0.617. The molecule has 1 aromatic rings. The maximum atomic E-state index is 12.1. The third-order valence-corrected chi connectivity index (χ3v) is 4.02. The zero-order valence-corrected chi connectivity index (χ0v) is 19.0. The van der Waals surface area contributed by atoms with E-state index in [0.29, 0.717) is 18.7 Å². The van der Waals surface area contributed by atoms with Gasteiger partial charge in [-0.05, 0) is 43.5 Å². The molecule has 0 aliphatic rings. The molecule has 0 spiro atoms. The van der Waals surface area contributed by atoms with Gasteiger partial charge in [0, 0.05) is 39.3 Å². The van der Waals surface area contributed by atoms with Crippen LogP contribution in [0.4, 0.5) is 0 Å². The number of carbonyl (C=O) groups excluding carboxylic acids is 1. The SMILES string of the molecule is C=CCCCCCN(C)C(=NC)NCCNC(=O)c1ccc(OC)cc1.I. The molecule has 0 atom stereocenters. The van der Waals surface area contributed by atoms with Crippen LogP contribution in [0.1, 0.15) is 36.0 Å². The smallest absolute Gasteiger partial charge is 0.251 e. The highest BCUT2D eigenvalue weighted by atomic mass is 127. The highest BCUT2D eigenvalue weighted by molar-refractivity contribution is 14.0. The van der Waals surface area contributed by atoms with Crippen LogP contribution in [0.25, 0.3) is 0 Å². The third kappa shape index (κ3) is 10.2. The number of hydrogen-bond donors (Lipinski definition) is 2. The van der Waals surface area contributed by atoms with Gasteiger partial charge in [-0.1, -0.05) is 12.5 Å². The summed E-state index contributed by atoms with van der Waals surface area (Å²) in [5.74, 6) is 1.48. The lowest BCUT2D eigenvalue weighted by Crippen LogP contribution is -2.42. The Balaban J connectivity index is 0.00000676. The Hall–Kier alpha value is -1.77. The highest BCUT2D eigenvalue weighted by Gasteiger charge is 2.07. The van der Waals surface area contributed by atoms with Gasteiger partial charge in [0.25, 0.3) is 5.91 Å². The fourth-order valence-electron chi connectivity index (χ4n) is 2.50. The average molecular weight is 488 g/mol. The van der Waals surface area contributed by atoms with Crippen molar-refractivity contribution in [2.45, 2.75) is 25.7 Å². The second-order valence-electron chi connectivity index (χ2n) is 6.02. The minimum absolute atomic E-state index is 0. The summed E-state index contributed by atoms with van der Waals surface area (Å²) in [6.45, 7) is 5.84. The van der Waals surface area contributed by atoms with Crippen molar-refractivity contribution >= 4 is 35.8 Å². The van der Waals surface area contributed by atoms with E-state index in [1.165, 1.54) is 12.8 Å². The van der Waals surface area contributed by atoms with Crippen LogP contribution >= 0.6 is 24.0 Å². The molecule has 1 rings (SSSR count). The van der Waals surface area contributed by atoms with E-state index in [1.54, 1.807) is 38.4 Å². The summed E-state index contributed by atoms with van der Waals surface area (Å²) < 4.78 is 5.09. The van der Waals surface area contributed by atoms with Crippen molar-refractivity contribution in [2.75, 3.05) is 40.8 Å². The molecule has 0 bridgehead atoms. The summed E-state index contributed by atoms with van der Waals surface area (Å²) in [6, 6.07) is 7.05. The molecule has 0 unspecified atom stereocenters. The predicted octanol–water partition coefficient (Wildman–Crippen LogP) is 3.30. The first-order chi connectivity index (χ1) is 12.6. The van der Waals surface area contributed by atoms with Gasteiger partial charge in [0.2, 0.25) is 0 Å². The van der Waals surface area contributed by atoms with Crippen molar-refractivity contribution in [3.8, 4) is 5.75 Å². The van der Waals surface area contributed by atoms with Gasteiger partial charge in [0.1, 0.15) is 5.75 Å². The molecule has 0 heterocycles. The summed E-state index contributed by atoms with van der Waals surface area (Å²) >= 11 is 0. The number of nitrogens with one attached hydrogen (secondary N) is 2. The third-order valence-electron chi connectivity index (χ3n) is 4.02. The maximum Gasteiger partial charge on any atom is 0.251 e. The number of ether oxygens (including phenoxy) is 1. The lowest BCUT2D eigenvalue weighted by atomic mass is 10.2. The lowest BCUT2D eigenvalue weighted by Gasteiger charge is -2.22. The first-order valence-electron chi connectivity index (χ1n) is 9.07. The average Bonchev–Trinajstić information content (AvgIpc) is 2.67. The number of hydrogen-bond acceptors (Lipinski definition) is 3. The van der Waals surface area contributed by atoms with Crippen molar-refractivity contribution in [3.05, 3.63) is 42.5 Å². The predicted molar refractivity (Wildman–Crippen MR) is 123 cm³/mol. The zero-order valence-electron chi connectivity index (χ0n) is 16.7. The number of rotatable bonds is 11. The second-order valence-corrected chi connectivity index (χ2v) is 6.02. The fourth-order valence-corrected chi connectivity index (χ4v) is 2.50. The van der Waals surface area contributed by atoms with Gasteiger partial charge in [0.05, 0.1) is 7.11 Å².